The van der Waals surface area contributed by atoms with Gasteiger partial charge in [-0.15, -0.1) is 0 Å². The fourth-order valence-corrected chi connectivity index (χ4v) is 2.85. The van der Waals surface area contributed by atoms with Crippen molar-refractivity contribution >= 4 is 11.6 Å². The SMILES string of the molecule is NCC1(c2c(F)cc(Cl)cc2F)CCCC1. The molecule has 1 aliphatic rings. The molecule has 1 fully saturated rings. The lowest BCUT2D eigenvalue weighted by atomic mass is 9.78. The summed E-state index contributed by atoms with van der Waals surface area (Å²) >= 11 is 5.61. The predicted molar refractivity (Wildman–Crippen MR) is 60.6 cm³/mol. The van der Waals surface area contributed by atoms with Crippen molar-refractivity contribution in [2.45, 2.75) is 31.1 Å². The Labute approximate surface area is 98.6 Å². The first-order chi connectivity index (χ1) is 7.59. The standard InChI is InChI=1S/C12H14ClF2N/c13-8-5-9(14)11(10(15)6-8)12(7-16)3-1-2-4-12/h5-6H,1-4,7,16H2. The third-order valence-corrected chi connectivity index (χ3v) is 3.71. The van der Waals surface area contributed by atoms with Gasteiger partial charge in [0.2, 0.25) is 0 Å². The van der Waals surface area contributed by atoms with Gasteiger partial charge in [0.05, 0.1) is 0 Å². The summed E-state index contributed by atoms with van der Waals surface area (Å²) in [5.41, 5.74) is 5.30. The van der Waals surface area contributed by atoms with Gasteiger partial charge in [-0.3, -0.25) is 0 Å². The monoisotopic (exact) mass is 245 g/mol. The average Bonchev–Trinajstić information content (AvgIpc) is 2.66. The van der Waals surface area contributed by atoms with E-state index in [0.29, 0.717) is 0 Å². The lowest BCUT2D eigenvalue weighted by Gasteiger charge is -2.28. The van der Waals surface area contributed by atoms with Crippen LogP contribution in [0.2, 0.25) is 5.02 Å². The van der Waals surface area contributed by atoms with Crippen molar-refractivity contribution < 1.29 is 8.78 Å². The Morgan fingerprint density at radius 3 is 2.12 bits per heavy atom. The smallest absolute Gasteiger partial charge is 0.131 e. The molecule has 1 aliphatic carbocycles. The van der Waals surface area contributed by atoms with E-state index in [-0.39, 0.29) is 17.1 Å². The van der Waals surface area contributed by atoms with Gasteiger partial charge in [-0.2, -0.15) is 0 Å². The van der Waals surface area contributed by atoms with Crippen LogP contribution in [0.15, 0.2) is 12.1 Å². The van der Waals surface area contributed by atoms with Crippen LogP contribution in [-0.4, -0.2) is 6.54 Å². The van der Waals surface area contributed by atoms with Crippen LogP contribution >= 0.6 is 11.6 Å². The van der Waals surface area contributed by atoms with E-state index < -0.39 is 17.0 Å². The van der Waals surface area contributed by atoms with E-state index in [1.54, 1.807) is 0 Å². The second kappa shape index (κ2) is 4.30. The van der Waals surface area contributed by atoms with Gasteiger partial charge >= 0.3 is 0 Å². The first-order valence-corrected chi connectivity index (χ1v) is 5.82. The summed E-state index contributed by atoms with van der Waals surface area (Å²) in [6, 6.07) is 2.32. The first-order valence-electron chi connectivity index (χ1n) is 5.44. The molecule has 0 unspecified atom stereocenters. The van der Waals surface area contributed by atoms with E-state index >= 15 is 0 Å². The second-order valence-electron chi connectivity index (χ2n) is 4.44. The van der Waals surface area contributed by atoms with Gasteiger partial charge in [0.25, 0.3) is 0 Å². The quantitative estimate of drug-likeness (QED) is 0.849. The van der Waals surface area contributed by atoms with E-state index in [1.807, 2.05) is 0 Å². The number of halogens is 3. The van der Waals surface area contributed by atoms with Crippen LogP contribution in [0, 0.1) is 11.6 Å². The van der Waals surface area contributed by atoms with Crippen LogP contribution in [-0.2, 0) is 5.41 Å². The molecule has 0 radical (unpaired) electrons. The first kappa shape index (κ1) is 11.8. The van der Waals surface area contributed by atoms with E-state index in [0.717, 1.165) is 37.8 Å². The molecule has 2 rings (SSSR count). The molecule has 4 heteroatoms. The summed E-state index contributed by atoms with van der Waals surface area (Å²) in [4.78, 5) is 0. The maximum Gasteiger partial charge on any atom is 0.131 e. The maximum atomic E-state index is 13.8. The van der Waals surface area contributed by atoms with E-state index in [9.17, 15) is 8.78 Å². The molecule has 16 heavy (non-hydrogen) atoms. The Balaban J connectivity index is 2.54. The average molecular weight is 246 g/mol. The Morgan fingerprint density at radius 2 is 1.69 bits per heavy atom. The molecule has 1 nitrogen and oxygen atoms in total. The van der Waals surface area contributed by atoms with Crippen molar-refractivity contribution in [3.8, 4) is 0 Å². The molecule has 0 aliphatic heterocycles. The zero-order valence-electron chi connectivity index (χ0n) is 8.90. The third-order valence-electron chi connectivity index (χ3n) is 3.49. The molecule has 1 aromatic rings. The molecule has 1 saturated carbocycles. The van der Waals surface area contributed by atoms with Crippen LogP contribution in [0.1, 0.15) is 31.2 Å². The highest BCUT2D eigenvalue weighted by molar-refractivity contribution is 6.30. The van der Waals surface area contributed by atoms with Gasteiger partial charge < -0.3 is 5.73 Å². The van der Waals surface area contributed by atoms with Crippen LogP contribution < -0.4 is 5.73 Å². The molecular formula is C12H14ClF2N. The van der Waals surface area contributed by atoms with Gasteiger partial charge in [0, 0.05) is 22.5 Å². The van der Waals surface area contributed by atoms with Crippen molar-refractivity contribution in [2.24, 2.45) is 5.73 Å². The number of nitrogens with two attached hydrogens (primary N) is 1. The highest BCUT2D eigenvalue weighted by Crippen LogP contribution is 2.42. The van der Waals surface area contributed by atoms with Crippen LogP contribution in [0.25, 0.3) is 0 Å². The molecule has 0 atom stereocenters. The summed E-state index contributed by atoms with van der Waals surface area (Å²) in [7, 11) is 0. The second-order valence-corrected chi connectivity index (χ2v) is 4.87. The van der Waals surface area contributed by atoms with Crippen LogP contribution in [0.5, 0.6) is 0 Å². The molecule has 0 saturated heterocycles. The highest BCUT2D eigenvalue weighted by atomic mass is 35.5. The Morgan fingerprint density at radius 1 is 1.19 bits per heavy atom. The van der Waals surface area contributed by atoms with Crippen molar-refractivity contribution in [1.29, 1.82) is 0 Å². The van der Waals surface area contributed by atoms with Gasteiger partial charge in [-0.05, 0) is 25.0 Å². The number of rotatable bonds is 2. The molecule has 88 valence electrons. The van der Waals surface area contributed by atoms with Gasteiger partial charge in [-0.25, -0.2) is 8.78 Å². The van der Waals surface area contributed by atoms with Crippen molar-refractivity contribution in [3.63, 3.8) is 0 Å². The molecule has 0 amide bonds. The third kappa shape index (κ3) is 1.82. The largest absolute Gasteiger partial charge is 0.330 e. The summed E-state index contributed by atoms with van der Waals surface area (Å²) in [5.74, 6) is -1.14. The zero-order valence-corrected chi connectivity index (χ0v) is 9.66. The number of hydrogen-bond acceptors (Lipinski definition) is 1. The Bertz CT molecular complexity index is 377. The Kier molecular flexibility index (Phi) is 3.17. The molecule has 1 aromatic carbocycles. The summed E-state index contributed by atoms with van der Waals surface area (Å²) in [6.45, 7) is 0.280. The number of hydrogen-bond donors (Lipinski definition) is 1. The molecule has 0 heterocycles. The molecule has 0 bridgehead atoms. The minimum atomic E-state index is -0.572. The fraction of sp³-hybridized carbons (Fsp3) is 0.500. The van der Waals surface area contributed by atoms with Crippen molar-refractivity contribution in [2.75, 3.05) is 6.54 Å². The molecular weight excluding hydrogens is 232 g/mol. The van der Waals surface area contributed by atoms with Crippen molar-refractivity contribution in [1.82, 2.24) is 0 Å². The van der Waals surface area contributed by atoms with E-state index in [4.69, 9.17) is 17.3 Å². The van der Waals surface area contributed by atoms with Gasteiger partial charge in [0.15, 0.2) is 0 Å². The van der Waals surface area contributed by atoms with Gasteiger partial charge in [-0.1, -0.05) is 24.4 Å². The normalized spacial score (nSPS) is 19.0. The zero-order chi connectivity index (χ0) is 11.8. The summed E-state index contributed by atoms with van der Waals surface area (Å²) in [6.07, 6.45) is 3.44. The Hall–Kier alpha value is -0.670. The molecule has 0 spiro atoms. The maximum absolute atomic E-state index is 13.8. The predicted octanol–water partition coefficient (Wildman–Crippen LogP) is 3.39. The fourth-order valence-electron chi connectivity index (χ4n) is 2.66. The number of benzene rings is 1. The van der Waals surface area contributed by atoms with E-state index in [2.05, 4.69) is 0 Å². The highest BCUT2D eigenvalue weighted by Gasteiger charge is 2.38. The summed E-state index contributed by atoms with van der Waals surface area (Å²) < 4.78 is 27.6. The summed E-state index contributed by atoms with van der Waals surface area (Å²) in [5, 5.41) is 0.0870. The molecule has 2 N–H and O–H groups in total. The van der Waals surface area contributed by atoms with E-state index in [1.165, 1.54) is 0 Å². The van der Waals surface area contributed by atoms with Crippen molar-refractivity contribution in [3.05, 3.63) is 34.4 Å². The minimum Gasteiger partial charge on any atom is -0.330 e. The topological polar surface area (TPSA) is 26.0 Å². The molecule has 0 aromatic heterocycles. The van der Waals surface area contributed by atoms with Crippen LogP contribution in [0.4, 0.5) is 8.78 Å². The van der Waals surface area contributed by atoms with Gasteiger partial charge in [0.1, 0.15) is 11.6 Å². The van der Waals surface area contributed by atoms with Crippen LogP contribution in [0.3, 0.4) is 0 Å². The minimum absolute atomic E-state index is 0.0870. The lowest BCUT2D eigenvalue weighted by molar-refractivity contribution is 0.400. The lowest BCUT2D eigenvalue weighted by Crippen LogP contribution is -2.34.